The maximum atomic E-state index is 12.7. The van der Waals surface area contributed by atoms with Gasteiger partial charge in [0.05, 0.1) is 29.3 Å². The number of nitrogens with one attached hydrogen (secondary N) is 1. The van der Waals surface area contributed by atoms with Gasteiger partial charge in [-0.05, 0) is 24.1 Å². The maximum Gasteiger partial charge on any atom is 0.247 e. The number of anilines is 2. The van der Waals surface area contributed by atoms with E-state index in [0.717, 1.165) is 24.0 Å². The highest BCUT2D eigenvalue weighted by molar-refractivity contribution is 5.97. The number of rotatable bonds is 6. The number of para-hydroxylation sites is 1. The van der Waals surface area contributed by atoms with Gasteiger partial charge in [0.1, 0.15) is 6.07 Å². The molecule has 0 aliphatic heterocycles. The SMILES string of the molecule is N#Cc1ccccc1Nc1nc2cnc(-c3cccc(C(=O)CC4CCCC4)c3)cn2n1. The first-order chi connectivity index (χ1) is 15.7. The first-order valence-electron chi connectivity index (χ1n) is 10.8. The van der Waals surface area contributed by atoms with Gasteiger partial charge in [0.15, 0.2) is 11.4 Å². The number of carbonyl (C=O) groups is 1. The molecule has 1 fully saturated rings. The van der Waals surface area contributed by atoms with Crippen LogP contribution in [0.5, 0.6) is 0 Å². The monoisotopic (exact) mass is 422 g/mol. The molecule has 0 radical (unpaired) electrons. The Morgan fingerprint density at radius 3 is 2.84 bits per heavy atom. The third-order valence-corrected chi connectivity index (χ3v) is 5.94. The van der Waals surface area contributed by atoms with Crippen LogP contribution in [0, 0.1) is 17.2 Å². The summed E-state index contributed by atoms with van der Waals surface area (Å²) in [6.07, 6.45) is 8.85. The molecule has 4 aromatic rings. The lowest BCUT2D eigenvalue weighted by atomic mass is 9.96. The topological polar surface area (TPSA) is 96.0 Å². The molecular weight excluding hydrogens is 400 g/mol. The van der Waals surface area contributed by atoms with E-state index in [9.17, 15) is 10.1 Å². The molecule has 32 heavy (non-hydrogen) atoms. The fourth-order valence-electron chi connectivity index (χ4n) is 4.25. The van der Waals surface area contributed by atoms with Crippen LogP contribution < -0.4 is 5.32 Å². The highest BCUT2D eigenvalue weighted by atomic mass is 16.1. The summed E-state index contributed by atoms with van der Waals surface area (Å²) in [7, 11) is 0. The molecule has 7 heteroatoms. The predicted octanol–water partition coefficient (Wildman–Crippen LogP) is 5.17. The minimum Gasteiger partial charge on any atom is -0.322 e. The first kappa shape index (κ1) is 19.9. The van der Waals surface area contributed by atoms with E-state index in [1.54, 1.807) is 23.0 Å². The number of hydrogen-bond donors (Lipinski definition) is 1. The van der Waals surface area contributed by atoms with Crippen molar-refractivity contribution in [2.24, 2.45) is 5.92 Å². The normalized spacial score (nSPS) is 13.8. The predicted molar refractivity (Wildman–Crippen MR) is 122 cm³/mol. The summed E-state index contributed by atoms with van der Waals surface area (Å²) in [5, 5.41) is 16.8. The van der Waals surface area contributed by atoms with Crippen molar-refractivity contribution in [1.82, 2.24) is 19.6 Å². The van der Waals surface area contributed by atoms with Crippen molar-refractivity contribution < 1.29 is 4.79 Å². The zero-order valence-electron chi connectivity index (χ0n) is 17.5. The lowest BCUT2D eigenvalue weighted by Gasteiger charge is -2.09. The number of carbonyl (C=O) groups excluding carboxylic acids is 1. The smallest absolute Gasteiger partial charge is 0.247 e. The second-order valence-electron chi connectivity index (χ2n) is 8.15. The van der Waals surface area contributed by atoms with Crippen LogP contribution in [0.4, 0.5) is 11.6 Å². The molecule has 2 aromatic carbocycles. The Bertz CT molecular complexity index is 1330. The molecule has 2 heterocycles. The molecule has 158 valence electrons. The Morgan fingerprint density at radius 2 is 2.00 bits per heavy atom. The average molecular weight is 422 g/mol. The number of nitriles is 1. The molecule has 0 spiro atoms. The van der Waals surface area contributed by atoms with Crippen LogP contribution in [-0.4, -0.2) is 25.4 Å². The summed E-state index contributed by atoms with van der Waals surface area (Å²) in [6.45, 7) is 0. The molecule has 1 saturated carbocycles. The van der Waals surface area contributed by atoms with E-state index in [1.807, 2.05) is 42.5 Å². The van der Waals surface area contributed by atoms with Crippen LogP contribution in [0.3, 0.4) is 0 Å². The number of ketones is 1. The number of benzene rings is 2. The van der Waals surface area contributed by atoms with E-state index in [-0.39, 0.29) is 5.78 Å². The highest BCUT2D eigenvalue weighted by Gasteiger charge is 2.19. The van der Waals surface area contributed by atoms with E-state index < -0.39 is 0 Å². The van der Waals surface area contributed by atoms with Crippen LogP contribution in [0.2, 0.25) is 0 Å². The summed E-state index contributed by atoms with van der Waals surface area (Å²) < 4.78 is 1.65. The van der Waals surface area contributed by atoms with Crippen LogP contribution in [-0.2, 0) is 0 Å². The van der Waals surface area contributed by atoms with Crippen LogP contribution >= 0.6 is 0 Å². The molecule has 0 bridgehead atoms. The molecule has 0 unspecified atom stereocenters. The van der Waals surface area contributed by atoms with Crippen molar-refractivity contribution in [2.75, 3.05) is 5.32 Å². The summed E-state index contributed by atoms with van der Waals surface area (Å²) in [6, 6.07) is 17.0. The Hall–Kier alpha value is -4.05. The van der Waals surface area contributed by atoms with Gasteiger partial charge in [0, 0.05) is 17.5 Å². The van der Waals surface area contributed by atoms with Crippen molar-refractivity contribution in [3.8, 4) is 17.3 Å². The third kappa shape index (κ3) is 4.08. The first-order valence-corrected chi connectivity index (χ1v) is 10.8. The van der Waals surface area contributed by atoms with Gasteiger partial charge in [-0.25, -0.2) is 4.52 Å². The average Bonchev–Trinajstić information content (AvgIpc) is 3.48. The summed E-state index contributed by atoms with van der Waals surface area (Å²) in [5.41, 5.74) is 4.05. The number of nitrogens with zero attached hydrogens (tertiary/aromatic N) is 5. The van der Waals surface area contributed by atoms with E-state index in [4.69, 9.17) is 0 Å². The minimum absolute atomic E-state index is 0.197. The van der Waals surface area contributed by atoms with Crippen molar-refractivity contribution in [3.63, 3.8) is 0 Å². The van der Waals surface area contributed by atoms with Crippen molar-refractivity contribution in [3.05, 3.63) is 72.1 Å². The molecule has 1 aliphatic carbocycles. The fourth-order valence-corrected chi connectivity index (χ4v) is 4.25. The highest BCUT2D eigenvalue weighted by Crippen LogP contribution is 2.29. The van der Waals surface area contributed by atoms with Crippen LogP contribution in [0.25, 0.3) is 16.9 Å². The quantitative estimate of drug-likeness (QED) is 0.431. The van der Waals surface area contributed by atoms with Crippen molar-refractivity contribution in [1.29, 1.82) is 5.26 Å². The number of aromatic nitrogens is 4. The molecule has 2 aromatic heterocycles. The van der Waals surface area contributed by atoms with E-state index >= 15 is 0 Å². The van der Waals surface area contributed by atoms with Crippen molar-refractivity contribution in [2.45, 2.75) is 32.1 Å². The van der Waals surface area contributed by atoms with E-state index in [0.29, 0.717) is 40.9 Å². The van der Waals surface area contributed by atoms with E-state index in [1.165, 1.54) is 12.8 Å². The molecular formula is C25H22N6O. The Labute approximate surface area is 185 Å². The van der Waals surface area contributed by atoms with Gasteiger partial charge in [-0.3, -0.25) is 9.78 Å². The van der Waals surface area contributed by atoms with Gasteiger partial charge in [-0.2, -0.15) is 10.2 Å². The lowest BCUT2D eigenvalue weighted by Crippen LogP contribution is -2.06. The Kier molecular flexibility index (Phi) is 5.34. The molecule has 1 aliphatic rings. The third-order valence-electron chi connectivity index (χ3n) is 5.94. The Balaban J connectivity index is 1.39. The molecule has 5 rings (SSSR count). The molecule has 0 atom stereocenters. The van der Waals surface area contributed by atoms with Crippen molar-refractivity contribution >= 4 is 23.1 Å². The second-order valence-corrected chi connectivity index (χ2v) is 8.15. The summed E-state index contributed by atoms with van der Waals surface area (Å²) in [4.78, 5) is 21.7. The fraction of sp³-hybridized carbons (Fsp3) is 0.240. The van der Waals surface area contributed by atoms with Crippen LogP contribution in [0.1, 0.15) is 48.0 Å². The van der Waals surface area contributed by atoms with Gasteiger partial charge in [0.2, 0.25) is 5.95 Å². The van der Waals surface area contributed by atoms with Gasteiger partial charge >= 0.3 is 0 Å². The van der Waals surface area contributed by atoms with Crippen LogP contribution in [0.15, 0.2) is 60.9 Å². The molecule has 0 saturated heterocycles. The minimum atomic E-state index is 0.197. The van der Waals surface area contributed by atoms with Gasteiger partial charge < -0.3 is 5.32 Å². The largest absolute Gasteiger partial charge is 0.322 e. The molecule has 7 nitrogen and oxygen atoms in total. The number of fused-ring (bicyclic) bond motifs is 1. The van der Waals surface area contributed by atoms with Gasteiger partial charge in [0.25, 0.3) is 0 Å². The van der Waals surface area contributed by atoms with Gasteiger partial charge in [-0.15, -0.1) is 5.10 Å². The zero-order valence-corrected chi connectivity index (χ0v) is 17.5. The number of hydrogen-bond acceptors (Lipinski definition) is 6. The van der Waals surface area contributed by atoms with Gasteiger partial charge in [-0.1, -0.05) is 56.0 Å². The lowest BCUT2D eigenvalue weighted by molar-refractivity contribution is 0.0962. The second kappa shape index (κ2) is 8.60. The number of Topliss-reactive ketones (excluding diaryl/α,β-unsaturated/α-hetero) is 1. The molecule has 0 amide bonds. The summed E-state index contributed by atoms with van der Waals surface area (Å²) in [5.74, 6) is 1.10. The summed E-state index contributed by atoms with van der Waals surface area (Å²) >= 11 is 0. The van der Waals surface area contributed by atoms with E-state index in [2.05, 4.69) is 26.5 Å². The maximum absolute atomic E-state index is 12.7. The zero-order chi connectivity index (χ0) is 21.9. The standard InChI is InChI=1S/C25H22N6O/c26-14-20-8-3-4-11-21(20)28-25-29-24-15-27-22(16-31(24)30-25)18-9-5-10-19(13-18)23(32)12-17-6-1-2-7-17/h3-5,8-11,13,15-17H,1-2,6-7,12H2,(H,28,30). The Morgan fingerprint density at radius 1 is 1.16 bits per heavy atom. The molecule has 1 N–H and O–H groups in total.